The number of hydrogen-bond donors (Lipinski definition) is 2. The third kappa shape index (κ3) is 3.49. The molecule has 0 saturated carbocycles. The SMILES string of the molecule is O=C(NCc1ccccc1Cn1ccnc1)C1CCNC1. The highest BCUT2D eigenvalue weighted by Gasteiger charge is 2.21. The van der Waals surface area contributed by atoms with Crippen molar-refractivity contribution in [3.63, 3.8) is 0 Å². The Morgan fingerprint density at radius 2 is 2.24 bits per heavy atom. The molecular weight excluding hydrogens is 264 g/mol. The summed E-state index contributed by atoms with van der Waals surface area (Å²) in [4.78, 5) is 16.1. The van der Waals surface area contributed by atoms with Crippen LogP contribution in [0.1, 0.15) is 17.5 Å². The van der Waals surface area contributed by atoms with E-state index in [0.29, 0.717) is 6.54 Å². The Hall–Kier alpha value is -2.14. The van der Waals surface area contributed by atoms with Crippen molar-refractivity contribution in [1.82, 2.24) is 20.2 Å². The molecule has 1 atom stereocenters. The van der Waals surface area contributed by atoms with Crippen molar-refractivity contribution in [2.75, 3.05) is 13.1 Å². The van der Waals surface area contributed by atoms with Gasteiger partial charge < -0.3 is 15.2 Å². The second-order valence-corrected chi connectivity index (χ2v) is 5.41. The molecule has 1 aliphatic rings. The predicted octanol–water partition coefficient (Wildman–Crippen LogP) is 1.16. The first kappa shape index (κ1) is 13.8. The quantitative estimate of drug-likeness (QED) is 0.866. The summed E-state index contributed by atoms with van der Waals surface area (Å²) in [6, 6.07) is 8.20. The zero-order valence-electron chi connectivity index (χ0n) is 12.0. The number of hydrogen-bond acceptors (Lipinski definition) is 3. The standard InChI is InChI=1S/C16H20N4O/c21-16(14-5-6-17-9-14)19-10-13-3-1-2-4-15(13)11-20-8-7-18-12-20/h1-4,7-8,12,14,17H,5-6,9-11H2,(H,19,21). The molecule has 2 heterocycles. The van der Waals surface area contributed by atoms with Crippen molar-refractivity contribution in [1.29, 1.82) is 0 Å². The van der Waals surface area contributed by atoms with E-state index < -0.39 is 0 Å². The van der Waals surface area contributed by atoms with Gasteiger partial charge in [-0.05, 0) is 24.1 Å². The highest BCUT2D eigenvalue weighted by atomic mass is 16.1. The molecule has 1 amide bonds. The van der Waals surface area contributed by atoms with E-state index in [1.165, 1.54) is 5.56 Å². The van der Waals surface area contributed by atoms with Gasteiger partial charge in [0.05, 0.1) is 12.2 Å². The van der Waals surface area contributed by atoms with Crippen LogP contribution in [0, 0.1) is 5.92 Å². The van der Waals surface area contributed by atoms with Crippen LogP contribution in [0.5, 0.6) is 0 Å². The summed E-state index contributed by atoms with van der Waals surface area (Å²) < 4.78 is 2.03. The molecule has 5 heteroatoms. The van der Waals surface area contributed by atoms with Crippen LogP contribution < -0.4 is 10.6 Å². The lowest BCUT2D eigenvalue weighted by Gasteiger charge is -2.13. The van der Waals surface area contributed by atoms with E-state index >= 15 is 0 Å². The number of amides is 1. The van der Waals surface area contributed by atoms with E-state index in [1.54, 1.807) is 12.5 Å². The molecule has 1 fully saturated rings. The van der Waals surface area contributed by atoms with E-state index in [2.05, 4.69) is 27.8 Å². The van der Waals surface area contributed by atoms with Crippen molar-refractivity contribution >= 4 is 5.91 Å². The topological polar surface area (TPSA) is 59.0 Å². The number of benzene rings is 1. The first-order valence-corrected chi connectivity index (χ1v) is 7.34. The van der Waals surface area contributed by atoms with Gasteiger partial charge in [-0.15, -0.1) is 0 Å². The minimum atomic E-state index is 0.116. The largest absolute Gasteiger partial charge is 0.352 e. The maximum absolute atomic E-state index is 12.1. The summed E-state index contributed by atoms with van der Waals surface area (Å²) in [5, 5.41) is 6.28. The van der Waals surface area contributed by atoms with Gasteiger partial charge in [0.1, 0.15) is 0 Å². The first-order chi connectivity index (χ1) is 10.3. The summed E-state index contributed by atoms with van der Waals surface area (Å²) in [5.41, 5.74) is 2.37. The molecule has 0 spiro atoms. The van der Waals surface area contributed by atoms with Crippen LogP contribution in [0.4, 0.5) is 0 Å². The maximum Gasteiger partial charge on any atom is 0.224 e. The minimum absolute atomic E-state index is 0.116. The van der Waals surface area contributed by atoms with Crippen molar-refractivity contribution in [3.05, 3.63) is 54.1 Å². The molecule has 1 aromatic heterocycles. The van der Waals surface area contributed by atoms with Gasteiger partial charge in [-0.1, -0.05) is 24.3 Å². The van der Waals surface area contributed by atoms with Crippen LogP contribution >= 0.6 is 0 Å². The minimum Gasteiger partial charge on any atom is -0.352 e. The maximum atomic E-state index is 12.1. The first-order valence-electron chi connectivity index (χ1n) is 7.34. The Labute approximate surface area is 124 Å². The van der Waals surface area contributed by atoms with Gasteiger partial charge in [-0.25, -0.2) is 4.98 Å². The molecule has 1 unspecified atom stereocenters. The zero-order chi connectivity index (χ0) is 14.5. The van der Waals surface area contributed by atoms with Crippen molar-refractivity contribution < 1.29 is 4.79 Å². The van der Waals surface area contributed by atoms with Gasteiger partial charge in [-0.2, -0.15) is 0 Å². The van der Waals surface area contributed by atoms with Gasteiger partial charge >= 0.3 is 0 Å². The van der Waals surface area contributed by atoms with E-state index in [0.717, 1.165) is 31.6 Å². The normalized spacial score (nSPS) is 17.8. The highest BCUT2D eigenvalue weighted by molar-refractivity contribution is 5.79. The van der Waals surface area contributed by atoms with Gasteiger partial charge in [0.25, 0.3) is 0 Å². The molecule has 0 bridgehead atoms. The van der Waals surface area contributed by atoms with Gasteiger partial charge in [-0.3, -0.25) is 4.79 Å². The number of carbonyl (C=O) groups excluding carboxylic acids is 1. The van der Waals surface area contributed by atoms with E-state index in [-0.39, 0.29) is 11.8 Å². The molecule has 1 aromatic carbocycles. The molecule has 110 valence electrons. The number of nitrogens with zero attached hydrogens (tertiary/aromatic N) is 2. The van der Waals surface area contributed by atoms with Crippen molar-refractivity contribution in [2.45, 2.75) is 19.5 Å². The van der Waals surface area contributed by atoms with E-state index in [9.17, 15) is 4.79 Å². The summed E-state index contributed by atoms with van der Waals surface area (Å²) in [7, 11) is 0. The Morgan fingerprint density at radius 1 is 1.38 bits per heavy atom. The van der Waals surface area contributed by atoms with Crippen LogP contribution in [0.25, 0.3) is 0 Å². The Morgan fingerprint density at radius 3 is 2.95 bits per heavy atom. The van der Waals surface area contributed by atoms with E-state index in [1.807, 2.05) is 22.9 Å². The molecule has 2 N–H and O–H groups in total. The number of aromatic nitrogens is 2. The van der Waals surface area contributed by atoms with Gasteiger partial charge in [0, 0.05) is 32.0 Å². The molecule has 2 aromatic rings. The second-order valence-electron chi connectivity index (χ2n) is 5.41. The third-order valence-electron chi connectivity index (χ3n) is 3.91. The van der Waals surface area contributed by atoms with Crippen LogP contribution in [-0.4, -0.2) is 28.5 Å². The van der Waals surface area contributed by atoms with Crippen LogP contribution in [0.3, 0.4) is 0 Å². The molecule has 0 radical (unpaired) electrons. The lowest BCUT2D eigenvalue weighted by atomic mass is 10.1. The van der Waals surface area contributed by atoms with Crippen LogP contribution in [0.2, 0.25) is 0 Å². The van der Waals surface area contributed by atoms with E-state index in [4.69, 9.17) is 0 Å². The third-order valence-corrected chi connectivity index (χ3v) is 3.91. The van der Waals surface area contributed by atoms with Crippen molar-refractivity contribution in [3.8, 4) is 0 Å². The lowest BCUT2D eigenvalue weighted by Crippen LogP contribution is -2.31. The summed E-state index contributed by atoms with van der Waals surface area (Å²) >= 11 is 0. The summed E-state index contributed by atoms with van der Waals surface area (Å²) in [6.45, 7) is 3.09. The molecule has 1 aliphatic heterocycles. The monoisotopic (exact) mass is 284 g/mol. The highest BCUT2D eigenvalue weighted by Crippen LogP contribution is 2.12. The fourth-order valence-electron chi connectivity index (χ4n) is 2.67. The molecule has 21 heavy (non-hydrogen) atoms. The molecule has 3 rings (SSSR count). The average Bonchev–Trinajstić information content (AvgIpc) is 3.19. The average molecular weight is 284 g/mol. The van der Waals surface area contributed by atoms with Gasteiger partial charge in [0.15, 0.2) is 0 Å². The number of rotatable bonds is 5. The Bertz CT molecular complexity index is 588. The Kier molecular flexibility index (Phi) is 4.31. The fourth-order valence-corrected chi connectivity index (χ4v) is 2.67. The predicted molar refractivity (Wildman–Crippen MR) is 80.6 cm³/mol. The number of imidazole rings is 1. The molecule has 0 aliphatic carbocycles. The van der Waals surface area contributed by atoms with Crippen LogP contribution in [-0.2, 0) is 17.9 Å². The smallest absolute Gasteiger partial charge is 0.224 e. The molecule has 5 nitrogen and oxygen atoms in total. The number of carbonyl (C=O) groups is 1. The lowest BCUT2D eigenvalue weighted by molar-refractivity contribution is -0.124. The fraction of sp³-hybridized carbons (Fsp3) is 0.375. The van der Waals surface area contributed by atoms with Crippen molar-refractivity contribution in [2.24, 2.45) is 5.92 Å². The van der Waals surface area contributed by atoms with Gasteiger partial charge in [0.2, 0.25) is 5.91 Å². The molecular formula is C16H20N4O. The van der Waals surface area contributed by atoms with Crippen LogP contribution in [0.15, 0.2) is 43.0 Å². The summed E-state index contributed by atoms with van der Waals surface area (Å²) in [5.74, 6) is 0.267. The number of nitrogens with one attached hydrogen (secondary N) is 2. The second kappa shape index (κ2) is 6.54. The zero-order valence-corrected chi connectivity index (χ0v) is 12.0. The molecule has 1 saturated heterocycles. The Balaban J connectivity index is 1.63. The summed E-state index contributed by atoms with van der Waals surface area (Å²) in [6.07, 6.45) is 6.46.